The molecule has 0 saturated carbocycles. The van der Waals surface area contributed by atoms with E-state index in [9.17, 15) is 0 Å². The third-order valence-corrected chi connectivity index (χ3v) is 9.21. The van der Waals surface area contributed by atoms with E-state index in [0.29, 0.717) is 13.2 Å². The number of methoxy groups -OCH3 is 2. The van der Waals surface area contributed by atoms with Gasteiger partial charge in [-0.2, -0.15) is 0 Å². The quantitative estimate of drug-likeness (QED) is 0.168. The maximum absolute atomic E-state index is 6.96. The van der Waals surface area contributed by atoms with Gasteiger partial charge in [0.05, 0.1) is 14.2 Å². The second-order valence-electron chi connectivity index (χ2n) is 12.4. The van der Waals surface area contributed by atoms with Crippen molar-refractivity contribution in [2.45, 2.75) is 13.2 Å². The zero-order valence-corrected chi connectivity index (χ0v) is 28.1. The van der Waals surface area contributed by atoms with Gasteiger partial charge in [0.2, 0.25) is 0 Å². The number of benzene rings is 7. The topological polar surface area (TPSA) is 36.9 Å². The van der Waals surface area contributed by atoms with Crippen LogP contribution in [0.3, 0.4) is 0 Å². The Morgan fingerprint density at radius 3 is 1.34 bits per heavy atom. The van der Waals surface area contributed by atoms with Crippen LogP contribution in [0.15, 0.2) is 133 Å². The van der Waals surface area contributed by atoms with Crippen molar-refractivity contribution in [1.29, 1.82) is 0 Å². The molecular weight excluding hydrogens is 617 g/mol. The highest BCUT2D eigenvalue weighted by molar-refractivity contribution is 6.12. The zero-order chi connectivity index (χ0) is 33.9. The number of hydrogen-bond donors (Lipinski definition) is 0. The van der Waals surface area contributed by atoms with Gasteiger partial charge in [0, 0.05) is 22.3 Å². The van der Waals surface area contributed by atoms with E-state index in [2.05, 4.69) is 133 Å². The molecule has 2 bridgehead atoms. The van der Waals surface area contributed by atoms with E-state index in [0.717, 1.165) is 89.1 Å². The van der Waals surface area contributed by atoms with Crippen LogP contribution in [0, 0.1) is 0 Å². The summed E-state index contributed by atoms with van der Waals surface area (Å²) >= 11 is 0. The van der Waals surface area contributed by atoms with Crippen LogP contribution in [0.5, 0.6) is 23.0 Å². The molecule has 0 saturated heterocycles. The van der Waals surface area contributed by atoms with Gasteiger partial charge in [-0.1, -0.05) is 115 Å². The van der Waals surface area contributed by atoms with Crippen molar-refractivity contribution in [1.82, 2.24) is 0 Å². The van der Waals surface area contributed by atoms with Crippen LogP contribution in [0.1, 0.15) is 33.4 Å². The van der Waals surface area contributed by atoms with Crippen LogP contribution >= 0.6 is 0 Å². The molecule has 1 aliphatic heterocycles. The maximum Gasteiger partial charge on any atom is 0.135 e. The molecule has 0 radical (unpaired) electrons. The lowest BCUT2D eigenvalue weighted by Gasteiger charge is -2.22. The molecule has 7 aromatic rings. The standard InChI is InChI=1S/C46H36O4/c1-47-39-22-16-31(17-23-39)14-20-37-27-35-10-3-5-12-41(35)43-44-42-13-6-4-11-36(42)28-38(21-15-32-18-24-40(48-2)25-19-32)46(44)50-30-34-9-7-8-33(26-34)29-49-45(37)43/h3-28H,29-30H2,1-2H3/b20-14-,21-15-. The fourth-order valence-electron chi connectivity index (χ4n) is 6.68. The second kappa shape index (κ2) is 13.7. The molecule has 0 unspecified atom stereocenters. The molecule has 4 nitrogen and oxygen atoms in total. The summed E-state index contributed by atoms with van der Waals surface area (Å²) in [5.74, 6) is 3.28. The molecule has 0 fully saturated rings. The molecule has 0 amide bonds. The Balaban J connectivity index is 1.41. The van der Waals surface area contributed by atoms with Crippen LogP contribution < -0.4 is 18.9 Å². The maximum atomic E-state index is 6.96. The van der Waals surface area contributed by atoms with E-state index in [1.54, 1.807) is 14.2 Å². The normalized spacial score (nSPS) is 12.6. The number of fused-ring (bicyclic) bond motifs is 9. The number of ether oxygens (including phenoxy) is 4. The average Bonchev–Trinajstić information content (AvgIpc) is 3.19. The fourth-order valence-corrected chi connectivity index (χ4v) is 6.68. The summed E-state index contributed by atoms with van der Waals surface area (Å²) in [7, 11) is 3.37. The molecule has 4 heteroatoms. The lowest BCUT2D eigenvalue weighted by Crippen LogP contribution is -2.01. The molecule has 8 rings (SSSR count). The Kier molecular flexibility index (Phi) is 8.50. The molecule has 50 heavy (non-hydrogen) atoms. The van der Waals surface area contributed by atoms with Gasteiger partial charge in [0.1, 0.15) is 36.2 Å². The molecule has 0 aliphatic carbocycles. The smallest absolute Gasteiger partial charge is 0.135 e. The SMILES string of the molecule is COc1ccc(/C=C\c2cc3ccccc3c3c2OCc2cccc(c2)COc2c(/C=C\c4ccc(OC)cc4)cc4ccccc4c2-3)cc1. The minimum absolute atomic E-state index is 0.423. The highest BCUT2D eigenvalue weighted by Crippen LogP contribution is 2.50. The molecule has 0 atom stereocenters. The third-order valence-electron chi connectivity index (χ3n) is 9.21. The van der Waals surface area contributed by atoms with Gasteiger partial charge in [-0.3, -0.25) is 0 Å². The molecule has 244 valence electrons. The predicted molar refractivity (Wildman–Crippen MR) is 206 cm³/mol. The zero-order valence-electron chi connectivity index (χ0n) is 28.1. The van der Waals surface area contributed by atoms with E-state index in [1.165, 1.54) is 0 Å². The van der Waals surface area contributed by atoms with Crippen LogP contribution in [0.25, 0.3) is 57.0 Å². The Hall–Kier alpha value is -6.26. The highest BCUT2D eigenvalue weighted by atomic mass is 16.5. The first-order valence-electron chi connectivity index (χ1n) is 16.8. The van der Waals surface area contributed by atoms with Crippen LogP contribution in [0.4, 0.5) is 0 Å². The van der Waals surface area contributed by atoms with Crippen molar-refractivity contribution in [3.05, 3.63) is 167 Å². The summed E-state index contributed by atoms with van der Waals surface area (Å²) in [5.41, 5.74) is 8.31. The summed E-state index contributed by atoms with van der Waals surface area (Å²) in [6, 6.07) is 46.2. The fraction of sp³-hybridized carbons (Fsp3) is 0.0870. The van der Waals surface area contributed by atoms with E-state index >= 15 is 0 Å². The molecule has 1 aliphatic rings. The van der Waals surface area contributed by atoms with Crippen molar-refractivity contribution in [3.63, 3.8) is 0 Å². The van der Waals surface area contributed by atoms with E-state index in [4.69, 9.17) is 18.9 Å². The number of hydrogen-bond acceptors (Lipinski definition) is 4. The monoisotopic (exact) mass is 652 g/mol. The van der Waals surface area contributed by atoms with Gasteiger partial charge >= 0.3 is 0 Å². The summed E-state index contributed by atoms with van der Waals surface area (Å²) in [4.78, 5) is 0. The van der Waals surface area contributed by atoms with Crippen molar-refractivity contribution in [3.8, 4) is 34.1 Å². The molecule has 0 N–H and O–H groups in total. The highest BCUT2D eigenvalue weighted by Gasteiger charge is 2.24. The molecule has 0 aromatic heterocycles. The Labute approximate surface area is 292 Å². The van der Waals surface area contributed by atoms with Crippen LogP contribution in [0.2, 0.25) is 0 Å². The van der Waals surface area contributed by atoms with Gasteiger partial charge in [-0.25, -0.2) is 0 Å². The summed E-state index contributed by atoms with van der Waals surface area (Å²) < 4.78 is 24.7. The van der Waals surface area contributed by atoms with Gasteiger partial charge in [0.15, 0.2) is 0 Å². The van der Waals surface area contributed by atoms with Crippen molar-refractivity contribution < 1.29 is 18.9 Å². The first-order chi connectivity index (χ1) is 24.7. The van der Waals surface area contributed by atoms with E-state index < -0.39 is 0 Å². The minimum Gasteiger partial charge on any atom is -0.497 e. The summed E-state index contributed by atoms with van der Waals surface area (Å²) in [6.07, 6.45) is 8.56. The van der Waals surface area contributed by atoms with E-state index in [-0.39, 0.29) is 0 Å². The van der Waals surface area contributed by atoms with Crippen molar-refractivity contribution in [2.75, 3.05) is 14.2 Å². The molecule has 0 spiro atoms. The van der Waals surface area contributed by atoms with Crippen LogP contribution in [-0.2, 0) is 13.2 Å². The van der Waals surface area contributed by atoms with Crippen molar-refractivity contribution in [2.24, 2.45) is 0 Å². The van der Waals surface area contributed by atoms with Gasteiger partial charge in [0.25, 0.3) is 0 Å². The van der Waals surface area contributed by atoms with Gasteiger partial charge < -0.3 is 18.9 Å². The van der Waals surface area contributed by atoms with Gasteiger partial charge in [-0.15, -0.1) is 0 Å². The summed E-state index contributed by atoms with van der Waals surface area (Å²) in [6.45, 7) is 0.847. The molecular formula is C46H36O4. The Morgan fingerprint density at radius 1 is 0.460 bits per heavy atom. The summed E-state index contributed by atoms with van der Waals surface area (Å²) in [5, 5.41) is 4.44. The average molecular weight is 653 g/mol. The Morgan fingerprint density at radius 2 is 0.900 bits per heavy atom. The largest absolute Gasteiger partial charge is 0.497 e. The first-order valence-corrected chi connectivity index (χ1v) is 16.8. The minimum atomic E-state index is 0.423. The number of rotatable bonds is 6. The third kappa shape index (κ3) is 6.20. The Bertz CT molecular complexity index is 2220. The first kappa shape index (κ1) is 31.0. The van der Waals surface area contributed by atoms with E-state index in [1.807, 2.05) is 24.3 Å². The van der Waals surface area contributed by atoms with Crippen LogP contribution in [-0.4, -0.2) is 14.2 Å². The van der Waals surface area contributed by atoms with Crippen molar-refractivity contribution >= 4 is 45.8 Å². The van der Waals surface area contributed by atoms with Gasteiger partial charge in [-0.05, 0) is 86.3 Å². The lowest BCUT2D eigenvalue weighted by molar-refractivity contribution is 0.305. The molecule has 7 aromatic carbocycles. The molecule has 1 heterocycles. The predicted octanol–water partition coefficient (Wildman–Crippen LogP) is 11.5. The lowest BCUT2D eigenvalue weighted by atomic mass is 9.88. The second-order valence-corrected chi connectivity index (χ2v) is 12.4.